The SMILES string of the molecule is COC(=O)c1[nH]c(/C=c2\[nH]/c(=C\C3=NC(=C\C4=NC(C)(C#N)C(C)(C)C4)/C(C)(C)C3)c(C)c2C)c(C)c1C. The van der Waals surface area contributed by atoms with Gasteiger partial charge < -0.3 is 14.7 Å². The second-order valence-electron chi connectivity index (χ2n) is 12.2. The first-order valence-electron chi connectivity index (χ1n) is 13.1. The number of carbonyl (C=O) groups is 1. The first-order valence-corrected chi connectivity index (χ1v) is 13.1. The highest BCUT2D eigenvalue weighted by Gasteiger charge is 2.47. The molecule has 0 spiro atoms. The third-order valence-corrected chi connectivity index (χ3v) is 8.64. The van der Waals surface area contributed by atoms with Crippen LogP contribution in [0.15, 0.2) is 21.8 Å². The lowest BCUT2D eigenvalue weighted by molar-refractivity contribution is 0.0594. The minimum Gasteiger partial charge on any atom is -0.464 e. The number of carbonyl (C=O) groups excluding carboxylic acids is 1. The Hall–Kier alpha value is -3.66. The van der Waals surface area contributed by atoms with Crippen LogP contribution in [0.4, 0.5) is 0 Å². The zero-order valence-corrected chi connectivity index (χ0v) is 24.3. The molecule has 0 radical (unpaired) electrons. The largest absolute Gasteiger partial charge is 0.464 e. The van der Waals surface area contributed by atoms with Crippen LogP contribution in [-0.2, 0) is 4.74 Å². The smallest absolute Gasteiger partial charge is 0.354 e. The van der Waals surface area contributed by atoms with Crippen molar-refractivity contribution in [2.75, 3.05) is 7.11 Å². The van der Waals surface area contributed by atoms with Gasteiger partial charge in [-0.15, -0.1) is 0 Å². The molecule has 4 heterocycles. The average Bonchev–Trinajstić information content (AvgIpc) is 3.46. The van der Waals surface area contributed by atoms with Gasteiger partial charge in [0.2, 0.25) is 0 Å². The number of nitriles is 1. The number of aromatic amines is 2. The summed E-state index contributed by atoms with van der Waals surface area (Å²) < 4.78 is 4.91. The van der Waals surface area contributed by atoms with Gasteiger partial charge in [-0.25, -0.2) is 4.79 Å². The maximum Gasteiger partial charge on any atom is 0.354 e. The topological polar surface area (TPSA) is 106 Å². The highest BCUT2D eigenvalue weighted by Crippen LogP contribution is 2.44. The minimum atomic E-state index is -0.722. The number of hydrogen-bond acceptors (Lipinski definition) is 5. The predicted octanol–water partition coefficient (Wildman–Crippen LogP) is 4.88. The van der Waals surface area contributed by atoms with Crippen molar-refractivity contribution < 1.29 is 9.53 Å². The molecule has 0 aromatic carbocycles. The summed E-state index contributed by atoms with van der Waals surface area (Å²) in [6.07, 6.45) is 7.85. The second-order valence-corrected chi connectivity index (χ2v) is 12.2. The summed E-state index contributed by atoms with van der Waals surface area (Å²) in [5.74, 6) is -0.367. The molecule has 2 aliphatic heterocycles. The standard InChI is InChI=1S/C31H39N5O2/c1-17-18(2)24(13-25-19(3)20(4)27(35-25)28(37)38-10)34-23(17)11-21-14-29(5,6)26(33-21)12-22-15-30(7,8)31(9,16-32)36-22/h11-13,34-35H,14-15H2,1-10H3/b23-11-,24-13-,26-12-. The van der Waals surface area contributed by atoms with Crippen LogP contribution in [0.2, 0.25) is 0 Å². The van der Waals surface area contributed by atoms with E-state index in [9.17, 15) is 10.1 Å². The van der Waals surface area contributed by atoms with Gasteiger partial charge in [-0.3, -0.25) is 9.98 Å². The summed E-state index contributed by atoms with van der Waals surface area (Å²) in [4.78, 5) is 28.7. The molecule has 2 aromatic rings. The van der Waals surface area contributed by atoms with E-state index in [0.29, 0.717) is 5.69 Å². The molecule has 2 aliphatic rings. The molecule has 0 aliphatic carbocycles. The van der Waals surface area contributed by atoms with Gasteiger partial charge in [0.1, 0.15) is 11.2 Å². The molecule has 7 heteroatoms. The lowest BCUT2D eigenvalue weighted by Crippen LogP contribution is -2.34. The number of nitrogens with one attached hydrogen (secondary N) is 2. The Morgan fingerprint density at radius 2 is 1.53 bits per heavy atom. The van der Waals surface area contributed by atoms with Crippen LogP contribution < -0.4 is 10.7 Å². The third kappa shape index (κ3) is 4.57. The molecule has 0 fully saturated rings. The lowest BCUT2D eigenvalue weighted by Gasteiger charge is -2.29. The quantitative estimate of drug-likeness (QED) is 0.569. The summed E-state index contributed by atoms with van der Waals surface area (Å²) in [5.41, 5.74) is 7.48. The highest BCUT2D eigenvalue weighted by molar-refractivity contribution is 6.13. The van der Waals surface area contributed by atoms with Crippen molar-refractivity contribution in [3.05, 3.63) is 56.1 Å². The summed E-state index contributed by atoms with van der Waals surface area (Å²) in [5, 5.41) is 11.7. The summed E-state index contributed by atoms with van der Waals surface area (Å²) >= 11 is 0. The maximum absolute atomic E-state index is 12.1. The van der Waals surface area contributed by atoms with E-state index < -0.39 is 5.54 Å². The number of allylic oxidation sites excluding steroid dienone is 2. The Bertz CT molecular complexity index is 1580. The molecule has 0 saturated heterocycles. The Morgan fingerprint density at radius 3 is 2.11 bits per heavy atom. The second kappa shape index (κ2) is 9.27. The van der Waals surface area contributed by atoms with E-state index in [1.807, 2.05) is 26.8 Å². The number of aromatic nitrogens is 2. The van der Waals surface area contributed by atoms with E-state index in [1.54, 1.807) is 0 Å². The monoisotopic (exact) mass is 513 g/mol. The van der Waals surface area contributed by atoms with Crippen molar-refractivity contribution in [3.8, 4) is 6.07 Å². The van der Waals surface area contributed by atoms with E-state index in [0.717, 1.165) is 68.6 Å². The van der Waals surface area contributed by atoms with E-state index in [-0.39, 0.29) is 16.8 Å². The predicted molar refractivity (Wildman–Crippen MR) is 153 cm³/mol. The third-order valence-electron chi connectivity index (χ3n) is 8.64. The van der Waals surface area contributed by atoms with Crippen LogP contribution in [-0.4, -0.2) is 40.0 Å². The summed E-state index contributed by atoms with van der Waals surface area (Å²) in [6.45, 7) is 18.7. The molecule has 2 N–H and O–H groups in total. The van der Waals surface area contributed by atoms with Crippen LogP contribution in [0.1, 0.15) is 85.9 Å². The van der Waals surface area contributed by atoms with Crippen LogP contribution in [0.5, 0.6) is 0 Å². The fourth-order valence-electron chi connectivity index (χ4n) is 5.22. The number of esters is 1. The maximum atomic E-state index is 12.1. The van der Waals surface area contributed by atoms with Gasteiger partial charge in [-0.2, -0.15) is 5.26 Å². The molecule has 0 bridgehead atoms. The van der Waals surface area contributed by atoms with Crippen molar-refractivity contribution in [2.24, 2.45) is 20.8 Å². The number of H-pyrrole nitrogens is 2. The molecule has 1 unspecified atom stereocenters. The zero-order valence-electron chi connectivity index (χ0n) is 24.3. The van der Waals surface area contributed by atoms with E-state index >= 15 is 0 Å². The fraction of sp³-hybridized carbons (Fsp3) is 0.484. The van der Waals surface area contributed by atoms with E-state index in [2.05, 4.69) is 69.7 Å². The lowest BCUT2D eigenvalue weighted by atomic mass is 9.74. The normalized spacial score (nSPS) is 24.1. The van der Waals surface area contributed by atoms with E-state index in [4.69, 9.17) is 14.7 Å². The van der Waals surface area contributed by atoms with Crippen molar-refractivity contribution in [2.45, 2.75) is 80.7 Å². The van der Waals surface area contributed by atoms with Crippen LogP contribution >= 0.6 is 0 Å². The van der Waals surface area contributed by atoms with Crippen molar-refractivity contribution >= 4 is 29.5 Å². The molecule has 7 nitrogen and oxygen atoms in total. The van der Waals surface area contributed by atoms with Crippen molar-refractivity contribution in [3.63, 3.8) is 0 Å². The van der Waals surface area contributed by atoms with Crippen molar-refractivity contribution in [1.82, 2.24) is 9.97 Å². The number of nitrogens with zero attached hydrogens (tertiary/aromatic N) is 3. The van der Waals surface area contributed by atoms with Crippen LogP contribution in [0.3, 0.4) is 0 Å². The molecule has 0 saturated carbocycles. The van der Waals surface area contributed by atoms with Gasteiger partial charge in [0.15, 0.2) is 0 Å². The minimum absolute atomic E-state index is 0.127. The van der Waals surface area contributed by atoms with E-state index in [1.165, 1.54) is 7.11 Å². The summed E-state index contributed by atoms with van der Waals surface area (Å²) in [7, 11) is 1.39. The molecular weight excluding hydrogens is 474 g/mol. The van der Waals surface area contributed by atoms with Gasteiger partial charge in [0.25, 0.3) is 0 Å². The number of methoxy groups -OCH3 is 1. The molecular formula is C31H39N5O2. The zero-order chi connectivity index (χ0) is 28.2. The number of hydrogen-bond donors (Lipinski definition) is 2. The molecule has 1 atom stereocenters. The first kappa shape index (κ1) is 27.4. The molecule has 2 aromatic heterocycles. The number of aliphatic imine (C=N–C) groups is 2. The highest BCUT2D eigenvalue weighted by atomic mass is 16.5. The Balaban J connectivity index is 1.73. The fourth-order valence-corrected chi connectivity index (χ4v) is 5.22. The molecule has 38 heavy (non-hydrogen) atoms. The molecule has 0 amide bonds. The van der Waals surface area contributed by atoms with Gasteiger partial charge in [-0.05, 0) is 81.5 Å². The number of rotatable bonds is 4. The van der Waals surface area contributed by atoms with Crippen molar-refractivity contribution in [1.29, 1.82) is 5.26 Å². The van der Waals surface area contributed by atoms with Crippen LogP contribution in [0, 0.1) is 49.9 Å². The van der Waals surface area contributed by atoms with Gasteiger partial charge in [-0.1, -0.05) is 27.7 Å². The van der Waals surface area contributed by atoms with Crippen LogP contribution in [0.25, 0.3) is 12.2 Å². The first-order chi connectivity index (χ1) is 17.6. The van der Waals surface area contributed by atoms with Gasteiger partial charge in [0, 0.05) is 50.8 Å². The Kier molecular flexibility index (Phi) is 6.68. The molecule has 200 valence electrons. The van der Waals surface area contributed by atoms with Gasteiger partial charge in [0.05, 0.1) is 13.2 Å². The Morgan fingerprint density at radius 1 is 0.895 bits per heavy atom. The van der Waals surface area contributed by atoms with Gasteiger partial charge >= 0.3 is 5.97 Å². The average molecular weight is 514 g/mol. The molecule has 4 rings (SSSR count). The summed E-state index contributed by atoms with van der Waals surface area (Å²) in [6, 6.07) is 2.40. The number of ether oxygens (including phenoxy) is 1. The Labute approximate surface area is 225 Å².